The standard InChI is InChI=1S/C5H7N.C5H10O2/c1-2-5-3-6-4-5;1-5(2,3)7-4-6/h1,5-6H,3-4H2;4H,1-3H3. The molecule has 0 unspecified atom stereocenters. The Balaban J connectivity index is 0.000000223. The topological polar surface area (TPSA) is 38.3 Å². The van der Waals surface area contributed by atoms with Crippen LogP contribution in [0.2, 0.25) is 0 Å². The first-order valence-corrected chi connectivity index (χ1v) is 4.28. The van der Waals surface area contributed by atoms with Gasteiger partial charge in [-0.3, -0.25) is 4.79 Å². The molecule has 1 saturated heterocycles. The Morgan fingerprint density at radius 3 is 2.08 bits per heavy atom. The normalized spacial score (nSPS) is 15.8. The molecule has 1 rings (SSSR count). The lowest BCUT2D eigenvalue weighted by Gasteiger charge is -2.20. The molecule has 0 bridgehead atoms. The first kappa shape index (κ1) is 12.0. The van der Waals surface area contributed by atoms with Crippen LogP contribution in [0.5, 0.6) is 0 Å². The zero-order valence-electron chi connectivity index (χ0n) is 8.46. The summed E-state index contributed by atoms with van der Waals surface area (Å²) < 4.78 is 4.55. The molecule has 1 aliphatic rings. The fourth-order valence-electron chi connectivity index (χ4n) is 0.551. The van der Waals surface area contributed by atoms with E-state index >= 15 is 0 Å². The summed E-state index contributed by atoms with van der Waals surface area (Å²) in [6, 6.07) is 0. The molecule has 1 aliphatic heterocycles. The fourth-order valence-corrected chi connectivity index (χ4v) is 0.551. The van der Waals surface area contributed by atoms with Crippen LogP contribution in [0.1, 0.15) is 20.8 Å². The van der Waals surface area contributed by atoms with Gasteiger partial charge in [0.05, 0.1) is 0 Å². The molecule has 13 heavy (non-hydrogen) atoms. The van der Waals surface area contributed by atoms with Crippen molar-refractivity contribution >= 4 is 6.47 Å². The molecular formula is C10H17NO2. The molecule has 1 fully saturated rings. The van der Waals surface area contributed by atoms with Gasteiger partial charge in [0.15, 0.2) is 0 Å². The second-order valence-electron chi connectivity index (χ2n) is 3.85. The van der Waals surface area contributed by atoms with Crippen molar-refractivity contribution in [3.63, 3.8) is 0 Å². The van der Waals surface area contributed by atoms with E-state index in [9.17, 15) is 4.79 Å². The first-order valence-electron chi connectivity index (χ1n) is 4.28. The van der Waals surface area contributed by atoms with E-state index in [0.29, 0.717) is 12.4 Å². The van der Waals surface area contributed by atoms with Crippen molar-refractivity contribution in [2.24, 2.45) is 5.92 Å². The van der Waals surface area contributed by atoms with Crippen molar-refractivity contribution in [1.82, 2.24) is 5.32 Å². The highest BCUT2D eigenvalue weighted by atomic mass is 16.5. The summed E-state index contributed by atoms with van der Waals surface area (Å²) >= 11 is 0. The van der Waals surface area contributed by atoms with E-state index in [1.165, 1.54) is 0 Å². The molecular weight excluding hydrogens is 166 g/mol. The van der Waals surface area contributed by atoms with Gasteiger partial charge in [-0.2, -0.15) is 0 Å². The van der Waals surface area contributed by atoms with Crippen molar-refractivity contribution in [1.29, 1.82) is 0 Å². The van der Waals surface area contributed by atoms with Crippen LogP contribution in [0.3, 0.4) is 0 Å². The van der Waals surface area contributed by atoms with E-state index < -0.39 is 0 Å². The molecule has 0 aliphatic carbocycles. The average Bonchev–Trinajstić information content (AvgIpc) is 1.82. The van der Waals surface area contributed by atoms with Crippen LogP contribution < -0.4 is 5.32 Å². The second kappa shape index (κ2) is 5.60. The van der Waals surface area contributed by atoms with Crippen molar-refractivity contribution in [3.05, 3.63) is 0 Å². The molecule has 1 N–H and O–H groups in total. The predicted octanol–water partition coefficient (Wildman–Crippen LogP) is 0.797. The summed E-state index contributed by atoms with van der Waals surface area (Å²) in [6.45, 7) is 7.97. The minimum Gasteiger partial charge on any atom is -0.462 e. The van der Waals surface area contributed by atoms with E-state index in [1.54, 1.807) is 0 Å². The first-order chi connectivity index (χ1) is 5.99. The lowest BCUT2D eigenvalue weighted by Crippen LogP contribution is -2.40. The third kappa shape index (κ3) is 7.35. The lowest BCUT2D eigenvalue weighted by molar-refractivity contribution is -0.138. The van der Waals surface area contributed by atoms with Gasteiger partial charge in [0.25, 0.3) is 6.47 Å². The zero-order valence-corrected chi connectivity index (χ0v) is 8.46. The Bertz CT molecular complexity index is 184. The maximum absolute atomic E-state index is 9.60. The Labute approximate surface area is 79.8 Å². The monoisotopic (exact) mass is 183 g/mol. The summed E-state index contributed by atoms with van der Waals surface area (Å²) in [6.07, 6.45) is 5.04. The van der Waals surface area contributed by atoms with E-state index in [0.717, 1.165) is 13.1 Å². The maximum atomic E-state index is 9.60. The van der Waals surface area contributed by atoms with E-state index in [1.807, 2.05) is 20.8 Å². The average molecular weight is 183 g/mol. The summed E-state index contributed by atoms with van der Waals surface area (Å²) in [4.78, 5) is 9.60. The quantitative estimate of drug-likeness (QED) is 0.482. The van der Waals surface area contributed by atoms with Gasteiger partial charge in [0.2, 0.25) is 0 Å². The second-order valence-corrected chi connectivity index (χ2v) is 3.85. The van der Waals surface area contributed by atoms with Crippen LogP contribution in [0.4, 0.5) is 0 Å². The molecule has 0 aromatic carbocycles. The van der Waals surface area contributed by atoms with Crippen molar-refractivity contribution < 1.29 is 9.53 Å². The van der Waals surface area contributed by atoms with Gasteiger partial charge in [0, 0.05) is 19.0 Å². The number of terminal acetylenes is 1. The molecule has 0 aromatic rings. The Morgan fingerprint density at radius 2 is 2.08 bits per heavy atom. The van der Waals surface area contributed by atoms with Crippen molar-refractivity contribution in [2.45, 2.75) is 26.4 Å². The summed E-state index contributed by atoms with van der Waals surface area (Å²) in [7, 11) is 0. The number of carbonyl (C=O) groups is 1. The van der Waals surface area contributed by atoms with Crippen LogP contribution in [0.25, 0.3) is 0 Å². The van der Waals surface area contributed by atoms with Crippen molar-refractivity contribution in [2.75, 3.05) is 13.1 Å². The van der Waals surface area contributed by atoms with Crippen LogP contribution in [-0.4, -0.2) is 25.2 Å². The van der Waals surface area contributed by atoms with Gasteiger partial charge in [-0.1, -0.05) is 0 Å². The number of rotatable bonds is 1. The highest BCUT2D eigenvalue weighted by molar-refractivity contribution is 5.37. The minimum atomic E-state index is -0.318. The van der Waals surface area contributed by atoms with Crippen LogP contribution in [0.15, 0.2) is 0 Å². The number of nitrogens with one attached hydrogen (secondary N) is 1. The van der Waals surface area contributed by atoms with Crippen LogP contribution in [0, 0.1) is 18.3 Å². The molecule has 0 radical (unpaired) electrons. The lowest BCUT2D eigenvalue weighted by atomic mass is 10.1. The SMILES string of the molecule is C#CC1CNC1.CC(C)(C)OC=O. The molecule has 0 saturated carbocycles. The molecule has 3 heteroatoms. The van der Waals surface area contributed by atoms with E-state index in [4.69, 9.17) is 6.42 Å². The fraction of sp³-hybridized carbons (Fsp3) is 0.700. The third-order valence-corrected chi connectivity index (χ3v) is 1.42. The maximum Gasteiger partial charge on any atom is 0.293 e. The third-order valence-electron chi connectivity index (χ3n) is 1.42. The molecule has 1 heterocycles. The summed E-state index contributed by atoms with van der Waals surface area (Å²) in [5, 5.41) is 3.07. The smallest absolute Gasteiger partial charge is 0.293 e. The Kier molecular flexibility index (Phi) is 5.17. The molecule has 74 valence electrons. The highest BCUT2D eigenvalue weighted by Crippen LogP contribution is 2.02. The van der Waals surface area contributed by atoms with E-state index in [2.05, 4.69) is 16.0 Å². The van der Waals surface area contributed by atoms with Gasteiger partial charge in [-0.15, -0.1) is 12.3 Å². The Hall–Kier alpha value is -1.01. The number of carbonyl (C=O) groups excluding carboxylic acids is 1. The van der Waals surface area contributed by atoms with Crippen molar-refractivity contribution in [3.8, 4) is 12.3 Å². The molecule has 0 amide bonds. The minimum absolute atomic E-state index is 0.318. The molecule has 0 aromatic heterocycles. The van der Waals surface area contributed by atoms with Gasteiger partial charge in [-0.05, 0) is 20.8 Å². The molecule has 0 atom stereocenters. The van der Waals surface area contributed by atoms with Gasteiger partial charge in [0.1, 0.15) is 5.60 Å². The molecule has 0 spiro atoms. The zero-order chi connectivity index (χ0) is 10.3. The summed E-state index contributed by atoms with van der Waals surface area (Å²) in [5.74, 6) is 3.17. The predicted molar refractivity (Wildman–Crippen MR) is 52.1 cm³/mol. The number of hydrogen-bond acceptors (Lipinski definition) is 3. The van der Waals surface area contributed by atoms with Gasteiger partial charge in [-0.25, -0.2) is 0 Å². The molecule has 3 nitrogen and oxygen atoms in total. The van der Waals surface area contributed by atoms with Gasteiger partial charge >= 0.3 is 0 Å². The van der Waals surface area contributed by atoms with E-state index in [-0.39, 0.29) is 5.60 Å². The van der Waals surface area contributed by atoms with Crippen LogP contribution >= 0.6 is 0 Å². The summed E-state index contributed by atoms with van der Waals surface area (Å²) in [5.41, 5.74) is -0.318. The Morgan fingerprint density at radius 1 is 1.54 bits per heavy atom. The number of hydrogen-bond donors (Lipinski definition) is 1. The highest BCUT2D eigenvalue weighted by Gasteiger charge is 2.11. The van der Waals surface area contributed by atoms with Crippen LogP contribution in [-0.2, 0) is 9.53 Å². The van der Waals surface area contributed by atoms with Gasteiger partial charge < -0.3 is 10.1 Å². The largest absolute Gasteiger partial charge is 0.462 e. The number of ether oxygens (including phenoxy) is 1.